The third-order valence-corrected chi connectivity index (χ3v) is 4.22. The number of carbonyl (C=O) groups excluding carboxylic acids is 1. The first-order valence-corrected chi connectivity index (χ1v) is 8.31. The van der Waals surface area contributed by atoms with Crippen molar-refractivity contribution < 1.29 is 14.3 Å². The number of methoxy groups -OCH3 is 2. The van der Waals surface area contributed by atoms with Gasteiger partial charge in [0.25, 0.3) is 5.91 Å². The highest BCUT2D eigenvalue weighted by Crippen LogP contribution is 2.24. The number of hydrogen-bond donors (Lipinski definition) is 3. The Balaban J connectivity index is 1.53. The second-order valence-electron chi connectivity index (χ2n) is 5.91. The molecule has 0 aromatic heterocycles. The van der Waals surface area contributed by atoms with E-state index in [0.29, 0.717) is 6.42 Å². The van der Waals surface area contributed by atoms with E-state index < -0.39 is 0 Å². The van der Waals surface area contributed by atoms with Gasteiger partial charge in [0, 0.05) is 6.04 Å². The molecule has 0 saturated carbocycles. The quantitative estimate of drug-likeness (QED) is 0.544. The first-order valence-electron chi connectivity index (χ1n) is 8.31. The summed E-state index contributed by atoms with van der Waals surface area (Å²) in [5.41, 5.74) is 10.7. The molecule has 3 N–H and O–H groups in total. The SMILES string of the molecule is COc1ccc(C2CC(C(=O)N/N=C/c3cccc(OC)c3)NN2)cc1. The maximum Gasteiger partial charge on any atom is 0.258 e. The average molecular weight is 354 g/mol. The highest BCUT2D eigenvalue weighted by Gasteiger charge is 2.29. The van der Waals surface area contributed by atoms with Crippen molar-refractivity contribution in [2.45, 2.75) is 18.5 Å². The number of rotatable bonds is 6. The van der Waals surface area contributed by atoms with Crippen LogP contribution in [0.25, 0.3) is 0 Å². The summed E-state index contributed by atoms with van der Waals surface area (Å²) in [6.07, 6.45) is 2.22. The number of nitrogens with one attached hydrogen (secondary N) is 3. The summed E-state index contributed by atoms with van der Waals surface area (Å²) in [6.45, 7) is 0. The third kappa shape index (κ3) is 4.38. The number of nitrogens with zero attached hydrogens (tertiary/aromatic N) is 1. The standard InChI is InChI=1S/C19H22N4O3/c1-25-15-8-6-14(7-9-15)17-11-18(22-21-17)19(24)23-20-12-13-4-3-5-16(10-13)26-2/h3-10,12,17-18,21-22H,11H2,1-2H3,(H,23,24)/b20-12+. The van der Waals surface area contributed by atoms with Crippen molar-refractivity contribution in [3.05, 3.63) is 59.7 Å². The molecule has 3 rings (SSSR count). The number of hydrazine groups is 1. The first-order chi connectivity index (χ1) is 12.7. The molecule has 1 saturated heterocycles. The third-order valence-electron chi connectivity index (χ3n) is 4.22. The second-order valence-corrected chi connectivity index (χ2v) is 5.91. The molecule has 1 aliphatic rings. The van der Waals surface area contributed by atoms with E-state index in [1.807, 2.05) is 48.5 Å². The molecule has 2 aromatic carbocycles. The number of hydrazone groups is 1. The van der Waals surface area contributed by atoms with E-state index in [2.05, 4.69) is 21.4 Å². The van der Waals surface area contributed by atoms with Crippen LogP contribution in [0.1, 0.15) is 23.6 Å². The molecular weight excluding hydrogens is 332 g/mol. The maximum atomic E-state index is 12.3. The van der Waals surface area contributed by atoms with Gasteiger partial charge in [0.2, 0.25) is 0 Å². The smallest absolute Gasteiger partial charge is 0.258 e. The van der Waals surface area contributed by atoms with Crippen LogP contribution in [0.4, 0.5) is 0 Å². The van der Waals surface area contributed by atoms with Crippen LogP contribution in [0.5, 0.6) is 11.5 Å². The minimum atomic E-state index is -0.357. The van der Waals surface area contributed by atoms with Crippen LogP contribution in [-0.4, -0.2) is 32.4 Å². The van der Waals surface area contributed by atoms with Gasteiger partial charge in [-0.25, -0.2) is 16.3 Å². The minimum Gasteiger partial charge on any atom is -0.497 e. The van der Waals surface area contributed by atoms with Gasteiger partial charge < -0.3 is 9.47 Å². The van der Waals surface area contributed by atoms with Crippen LogP contribution in [0, 0.1) is 0 Å². The number of hydrogen-bond acceptors (Lipinski definition) is 6. The lowest BCUT2D eigenvalue weighted by Gasteiger charge is -2.10. The molecular formula is C19H22N4O3. The fourth-order valence-electron chi connectivity index (χ4n) is 2.75. The monoisotopic (exact) mass is 354 g/mol. The lowest BCUT2D eigenvalue weighted by atomic mass is 10.0. The minimum absolute atomic E-state index is 0.0546. The van der Waals surface area contributed by atoms with Crippen LogP contribution >= 0.6 is 0 Å². The van der Waals surface area contributed by atoms with E-state index in [0.717, 1.165) is 22.6 Å². The van der Waals surface area contributed by atoms with Gasteiger partial charge in [0.15, 0.2) is 0 Å². The van der Waals surface area contributed by atoms with Crippen molar-refractivity contribution >= 4 is 12.1 Å². The maximum absolute atomic E-state index is 12.3. The Hall–Kier alpha value is -2.90. The van der Waals surface area contributed by atoms with Gasteiger partial charge in [-0.15, -0.1) is 0 Å². The van der Waals surface area contributed by atoms with Crippen molar-refractivity contribution in [2.75, 3.05) is 14.2 Å². The number of benzene rings is 2. The van der Waals surface area contributed by atoms with Crippen LogP contribution in [0.2, 0.25) is 0 Å². The molecule has 7 heteroatoms. The molecule has 1 heterocycles. The zero-order valence-electron chi connectivity index (χ0n) is 14.7. The predicted molar refractivity (Wildman–Crippen MR) is 99.1 cm³/mol. The topological polar surface area (TPSA) is 84.0 Å². The summed E-state index contributed by atoms with van der Waals surface area (Å²) in [7, 11) is 3.24. The molecule has 1 fully saturated rings. The second kappa shape index (κ2) is 8.46. The number of amides is 1. The van der Waals surface area contributed by atoms with Crippen molar-refractivity contribution in [2.24, 2.45) is 5.10 Å². The molecule has 136 valence electrons. The zero-order chi connectivity index (χ0) is 18.4. The Kier molecular flexibility index (Phi) is 5.83. The van der Waals surface area contributed by atoms with E-state index in [9.17, 15) is 4.79 Å². The summed E-state index contributed by atoms with van der Waals surface area (Å²) in [4.78, 5) is 12.3. The Bertz CT molecular complexity index is 777. The van der Waals surface area contributed by atoms with Crippen molar-refractivity contribution in [3.8, 4) is 11.5 Å². The average Bonchev–Trinajstić information content (AvgIpc) is 3.18. The lowest BCUT2D eigenvalue weighted by molar-refractivity contribution is -0.122. The molecule has 2 aromatic rings. The highest BCUT2D eigenvalue weighted by atomic mass is 16.5. The Morgan fingerprint density at radius 2 is 1.88 bits per heavy atom. The molecule has 1 aliphatic heterocycles. The normalized spacial score (nSPS) is 19.5. The predicted octanol–water partition coefficient (Wildman–Crippen LogP) is 1.76. The van der Waals surface area contributed by atoms with Gasteiger partial charge in [-0.2, -0.15) is 5.10 Å². The molecule has 7 nitrogen and oxygen atoms in total. The summed E-state index contributed by atoms with van der Waals surface area (Å²) >= 11 is 0. The Labute approximate surface area is 152 Å². The van der Waals surface area contributed by atoms with E-state index in [1.54, 1.807) is 20.4 Å². The van der Waals surface area contributed by atoms with Crippen molar-refractivity contribution in [1.29, 1.82) is 0 Å². The van der Waals surface area contributed by atoms with Crippen LogP contribution in [0.3, 0.4) is 0 Å². The molecule has 0 radical (unpaired) electrons. The summed E-state index contributed by atoms with van der Waals surface area (Å²) in [5.74, 6) is 1.36. The first kappa shape index (κ1) is 17.9. The molecule has 0 bridgehead atoms. The van der Waals surface area contributed by atoms with Gasteiger partial charge in [0.05, 0.1) is 20.4 Å². The van der Waals surface area contributed by atoms with E-state index in [1.165, 1.54) is 0 Å². The number of carbonyl (C=O) groups is 1. The zero-order valence-corrected chi connectivity index (χ0v) is 14.7. The van der Waals surface area contributed by atoms with Gasteiger partial charge >= 0.3 is 0 Å². The molecule has 0 spiro atoms. The molecule has 26 heavy (non-hydrogen) atoms. The molecule has 1 amide bonds. The van der Waals surface area contributed by atoms with Gasteiger partial charge in [-0.3, -0.25) is 4.79 Å². The fourth-order valence-corrected chi connectivity index (χ4v) is 2.75. The number of ether oxygens (including phenoxy) is 2. The Morgan fingerprint density at radius 3 is 2.62 bits per heavy atom. The Morgan fingerprint density at radius 1 is 1.12 bits per heavy atom. The summed E-state index contributed by atoms with van der Waals surface area (Å²) in [6, 6.07) is 14.9. The summed E-state index contributed by atoms with van der Waals surface area (Å²) in [5, 5.41) is 4.02. The van der Waals surface area contributed by atoms with Crippen molar-refractivity contribution in [3.63, 3.8) is 0 Å². The largest absolute Gasteiger partial charge is 0.497 e. The lowest BCUT2D eigenvalue weighted by Crippen LogP contribution is -2.41. The van der Waals surface area contributed by atoms with E-state index >= 15 is 0 Å². The fraction of sp³-hybridized carbons (Fsp3) is 0.263. The van der Waals surface area contributed by atoms with Gasteiger partial charge in [0.1, 0.15) is 17.5 Å². The van der Waals surface area contributed by atoms with Crippen molar-refractivity contribution in [1.82, 2.24) is 16.3 Å². The van der Waals surface area contributed by atoms with Gasteiger partial charge in [-0.1, -0.05) is 24.3 Å². The van der Waals surface area contributed by atoms with Gasteiger partial charge in [-0.05, 0) is 41.8 Å². The highest BCUT2D eigenvalue weighted by molar-refractivity contribution is 5.85. The van der Waals surface area contributed by atoms with Crippen LogP contribution < -0.4 is 25.8 Å². The summed E-state index contributed by atoms with van der Waals surface area (Å²) < 4.78 is 10.3. The molecule has 2 unspecified atom stereocenters. The van der Waals surface area contributed by atoms with E-state index in [-0.39, 0.29) is 18.0 Å². The van der Waals surface area contributed by atoms with Crippen LogP contribution in [0.15, 0.2) is 53.6 Å². The molecule has 2 atom stereocenters. The van der Waals surface area contributed by atoms with Crippen LogP contribution in [-0.2, 0) is 4.79 Å². The molecule has 0 aliphatic carbocycles. The van der Waals surface area contributed by atoms with E-state index in [4.69, 9.17) is 9.47 Å².